The van der Waals surface area contributed by atoms with E-state index in [0.717, 1.165) is 0 Å². The Morgan fingerprint density at radius 3 is 2.62 bits per heavy atom. The van der Waals surface area contributed by atoms with Crippen molar-refractivity contribution in [2.75, 3.05) is 14.2 Å². The Hall–Kier alpha value is -1.78. The fraction of sp³-hybridized carbons (Fsp3) is 0.250. The first kappa shape index (κ1) is 9.31. The maximum Gasteiger partial charge on any atom is 0.314 e. The van der Waals surface area contributed by atoms with Gasteiger partial charge in [0, 0.05) is 6.07 Å². The summed E-state index contributed by atoms with van der Waals surface area (Å²) in [5, 5.41) is 10.5. The van der Waals surface area contributed by atoms with Crippen molar-refractivity contribution in [3.63, 3.8) is 0 Å². The second kappa shape index (κ2) is 3.75. The molecule has 0 N–H and O–H groups in total. The average molecular weight is 182 g/mol. The SMILES string of the molecule is COc1[c]cc(OC)c([N+](=O)[O-])c1. The number of nitro benzene ring substituents is 1. The van der Waals surface area contributed by atoms with Crippen LogP contribution in [0, 0.1) is 16.2 Å². The molecule has 1 rings (SSSR count). The van der Waals surface area contributed by atoms with Crippen LogP contribution in [-0.2, 0) is 0 Å². The lowest BCUT2D eigenvalue weighted by Gasteiger charge is -2.02. The van der Waals surface area contributed by atoms with E-state index in [0.29, 0.717) is 5.75 Å². The van der Waals surface area contributed by atoms with E-state index in [1.165, 1.54) is 26.4 Å². The number of nitrogens with zero attached hydrogens (tertiary/aromatic N) is 1. The highest BCUT2D eigenvalue weighted by Gasteiger charge is 2.15. The minimum atomic E-state index is -0.533. The van der Waals surface area contributed by atoms with Gasteiger partial charge in [0.05, 0.1) is 25.2 Å². The molecule has 0 atom stereocenters. The molecule has 0 fully saturated rings. The van der Waals surface area contributed by atoms with Crippen LogP contribution in [0.2, 0.25) is 0 Å². The van der Waals surface area contributed by atoms with E-state index in [-0.39, 0.29) is 11.4 Å². The van der Waals surface area contributed by atoms with Gasteiger partial charge in [-0.2, -0.15) is 0 Å². The van der Waals surface area contributed by atoms with Gasteiger partial charge in [-0.05, 0) is 6.07 Å². The van der Waals surface area contributed by atoms with Crippen LogP contribution in [0.4, 0.5) is 5.69 Å². The Labute approximate surface area is 75.0 Å². The first-order valence-electron chi connectivity index (χ1n) is 3.47. The largest absolute Gasteiger partial charge is 0.496 e. The van der Waals surface area contributed by atoms with Crippen LogP contribution >= 0.6 is 0 Å². The number of benzene rings is 1. The number of rotatable bonds is 3. The molecule has 0 amide bonds. The second-order valence-electron chi connectivity index (χ2n) is 2.21. The van der Waals surface area contributed by atoms with E-state index < -0.39 is 4.92 Å². The van der Waals surface area contributed by atoms with Crippen LogP contribution in [0.3, 0.4) is 0 Å². The van der Waals surface area contributed by atoms with Gasteiger partial charge >= 0.3 is 5.69 Å². The number of hydrogen-bond donors (Lipinski definition) is 0. The average Bonchev–Trinajstić information content (AvgIpc) is 2.16. The zero-order valence-corrected chi connectivity index (χ0v) is 7.23. The standard InChI is InChI=1S/C8H8NO4/c1-12-6-3-4-8(13-2)7(5-6)9(10)11/h4-5H,1-2H3. The van der Waals surface area contributed by atoms with Crippen LogP contribution in [0.5, 0.6) is 11.5 Å². The molecule has 5 nitrogen and oxygen atoms in total. The molecule has 1 aromatic rings. The minimum Gasteiger partial charge on any atom is -0.496 e. The van der Waals surface area contributed by atoms with Gasteiger partial charge in [-0.1, -0.05) is 0 Å². The molecule has 0 aromatic heterocycles. The van der Waals surface area contributed by atoms with Gasteiger partial charge in [0.1, 0.15) is 5.75 Å². The number of hydrogen-bond acceptors (Lipinski definition) is 4. The van der Waals surface area contributed by atoms with Crippen molar-refractivity contribution in [2.24, 2.45) is 0 Å². The number of nitro groups is 1. The van der Waals surface area contributed by atoms with E-state index in [4.69, 9.17) is 9.47 Å². The summed E-state index contributed by atoms with van der Waals surface area (Å²) < 4.78 is 9.57. The molecule has 0 unspecified atom stereocenters. The summed E-state index contributed by atoms with van der Waals surface area (Å²) >= 11 is 0. The van der Waals surface area contributed by atoms with Crippen molar-refractivity contribution in [2.45, 2.75) is 0 Å². The highest BCUT2D eigenvalue weighted by atomic mass is 16.6. The molecule has 0 spiro atoms. The highest BCUT2D eigenvalue weighted by molar-refractivity contribution is 5.50. The third kappa shape index (κ3) is 1.87. The lowest BCUT2D eigenvalue weighted by atomic mass is 10.3. The Kier molecular flexibility index (Phi) is 2.69. The first-order valence-corrected chi connectivity index (χ1v) is 3.47. The normalized spacial score (nSPS) is 9.38. The molecule has 0 aliphatic rings. The van der Waals surface area contributed by atoms with Crippen molar-refractivity contribution < 1.29 is 14.4 Å². The van der Waals surface area contributed by atoms with Crippen molar-refractivity contribution in [3.05, 3.63) is 28.3 Å². The van der Waals surface area contributed by atoms with Gasteiger partial charge in [0.25, 0.3) is 0 Å². The zero-order chi connectivity index (χ0) is 9.84. The molecule has 0 aliphatic carbocycles. The molecule has 69 valence electrons. The summed E-state index contributed by atoms with van der Waals surface area (Å²) in [6.07, 6.45) is 0. The van der Waals surface area contributed by atoms with E-state index in [9.17, 15) is 10.1 Å². The van der Waals surface area contributed by atoms with Crippen molar-refractivity contribution in [3.8, 4) is 11.5 Å². The summed E-state index contributed by atoms with van der Waals surface area (Å²) in [7, 11) is 2.78. The molecule has 0 bridgehead atoms. The third-order valence-corrected chi connectivity index (χ3v) is 1.50. The molecule has 0 saturated carbocycles. The van der Waals surface area contributed by atoms with Crippen LogP contribution in [0.15, 0.2) is 12.1 Å². The molecular formula is C8H8NO4. The summed E-state index contributed by atoms with van der Waals surface area (Å²) in [6, 6.07) is 5.32. The highest BCUT2D eigenvalue weighted by Crippen LogP contribution is 2.29. The van der Waals surface area contributed by atoms with Gasteiger partial charge in [0.15, 0.2) is 5.75 Å². The molecule has 0 heterocycles. The lowest BCUT2D eigenvalue weighted by Crippen LogP contribution is -1.94. The topological polar surface area (TPSA) is 61.6 Å². The quantitative estimate of drug-likeness (QED) is 0.523. The van der Waals surface area contributed by atoms with Crippen LogP contribution in [0.1, 0.15) is 0 Å². The zero-order valence-electron chi connectivity index (χ0n) is 7.23. The van der Waals surface area contributed by atoms with E-state index in [2.05, 4.69) is 6.07 Å². The Balaban J connectivity index is 3.18. The fourth-order valence-electron chi connectivity index (χ4n) is 0.872. The monoisotopic (exact) mass is 182 g/mol. The molecule has 1 aromatic carbocycles. The smallest absolute Gasteiger partial charge is 0.314 e. The number of methoxy groups -OCH3 is 2. The summed E-state index contributed by atoms with van der Waals surface area (Å²) in [6.45, 7) is 0. The van der Waals surface area contributed by atoms with Crippen molar-refractivity contribution in [1.82, 2.24) is 0 Å². The van der Waals surface area contributed by atoms with Crippen LogP contribution < -0.4 is 9.47 Å². The number of ether oxygens (including phenoxy) is 2. The van der Waals surface area contributed by atoms with Gasteiger partial charge < -0.3 is 9.47 Å². The molecule has 0 aliphatic heterocycles. The van der Waals surface area contributed by atoms with E-state index >= 15 is 0 Å². The van der Waals surface area contributed by atoms with Crippen LogP contribution in [-0.4, -0.2) is 19.1 Å². The van der Waals surface area contributed by atoms with Crippen molar-refractivity contribution >= 4 is 5.69 Å². The summed E-state index contributed by atoms with van der Waals surface area (Å²) in [5.74, 6) is 0.485. The van der Waals surface area contributed by atoms with Crippen LogP contribution in [0.25, 0.3) is 0 Å². The fourth-order valence-corrected chi connectivity index (χ4v) is 0.872. The molecule has 13 heavy (non-hydrogen) atoms. The van der Waals surface area contributed by atoms with Gasteiger partial charge in [-0.25, -0.2) is 0 Å². The predicted octanol–water partition coefficient (Wildman–Crippen LogP) is 1.41. The van der Waals surface area contributed by atoms with E-state index in [1.807, 2.05) is 0 Å². The van der Waals surface area contributed by atoms with Crippen molar-refractivity contribution in [1.29, 1.82) is 0 Å². The van der Waals surface area contributed by atoms with Gasteiger partial charge in [0.2, 0.25) is 0 Å². The Morgan fingerprint density at radius 2 is 2.15 bits per heavy atom. The molecule has 0 saturated heterocycles. The Morgan fingerprint density at radius 1 is 1.46 bits per heavy atom. The van der Waals surface area contributed by atoms with E-state index in [1.54, 1.807) is 0 Å². The maximum atomic E-state index is 10.5. The first-order chi connectivity index (χ1) is 6.19. The molecule has 5 heteroatoms. The summed E-state index contributed by atoms with van der Waals surface area (Å²) in [4.78, 5) is 9.97. The second-order valence-corrected chi connectivity index (χ2v) is 2.21. The Bertz CT molecular complexity index is 324. The predicted molar refractivity (Wildman–Crippen MR) is 45.0 cm³/mol. The molecule has 1 radical (unpaired) electrons. The molecular weight excluding hydrogens is 174 g/mol. The van der Waals surface area contributed by atoms with Gasteiger partial charge in [-0.3, -0.25) is 10.1 Å². The summed E-state index contributed by atoms with van der Waals surface area (Å²) in [5.41, 5.74) is -0.127. The third-order valence-electron chi connectivity index (χ3n) is 1.50. The van der Waals surface area contributed by atoms with Gasteiger partial charge in [-0.15, -0.1) is 0 Å². The maximum absolute atomic E-state index is 10.5. The lowest BCUT2D eigenvalue weighted by molar-refractivity contribution is -0.385. The minimum absolute atomic E-state index is 0.127.